The highest BCUT2D eigenvalue weighted by Gasteiger charge is 2.18. The molecule has 4 nitrogen and oxygen atoms in total. The molecule has 0 aromatic carbocycles. The monoisotopic (exact) mass is 254 g/mol. The predicted molar refractivity (Wildman–Crippen MR) is 68.1 cm³/mol. The lowest BCUT2D eigenvalue weighted by molar-refractivity contribution is -0.125. The van der Waals surface area contributed by atoms with E-state index in [1.165, 1.54) is 4.88 Å². The van der Waals surface area contributed by atoms with Crippen molar-refractivity contribution >= 4 is 17.2 Å². The first-order valence-corrected chi connectivity index (χ1v) is 6.79. The van der Waals surface area contributed by atoms with Gasteiger partial charge in [-0.2, -0.15) is 0 Å². The summed E-state index contributed by atoms with van der Waals surface area (Å²) in [6.07, 6.45) is 0.446. The first-order chi connectivity index (χ1) is 8.25. The molecule has 0 bridgehead atoms. The van der Waals surface area contributed by atoms with Gasteiger partial charge in [0.1, 0.15) is 0 Å². The van der Waals surface area contributed by atoms with Crippen LogP contribution in [0.4, 0.5) is 0 Å². The lowest BCUT2D eigenvalue weighted by Gasteiger charge is -2.23. The normalized spacial score (nSPS) is 22.1. The molecular formula is C12H18N2O2S. The highest BCUT2D eigenvalue weighted by molar-refractivity contribution is 7.10. The number of carbonyl (C=O) groups excluding carboxylic acids is 1. The number of ether oxygens (including phenoxy) is 1. The van der Waals surface area contributed by atoms with E-state index in [2.05, 4.69) is 10.6 Å². The molecule has 1 saturated heterocycles. The van der Waals surface area contributed by atoms with E-state index in [9.17, 15) is 4.79 Å². The van der Waals surface area contributed by atoms with Gasteiger partial charge >= 0.3 is 0 Å². The Morgan fingerprint density at radius 1 is 1.76 bits per heavy atom. The van der Waals surface area contributed by atoms with E-state index in [0.717, 1.165) is 13.1 Å². The number of carbonyl (C=O) groups is 1. The topological polar surface area (TPSA) is 50.4 Å². The molecule has 1 aromatic rings. The summed E-state index contributed by atoms with van der Waals surface area (Å²) in [4.78, 5) is 13.0. The van der Waals surface area contributed by atoms with E-state index < -0.39 is 0 Å². The summed E-state index contributed by atoms with van der Waals surface area (Å²) in [7, 11) is 0. The SMILES string of the molecule is C[C@H](NC(=O)CC1CNCCO1)c1cccs1. The second-order valence-corrected chi connectivity index (χ2v) is 5.18. The molecule has 1 unspecified atom stereocenters. The van der Waals surface area contributed by atoms with Crippen LogP contribution in [0.15, 0.2) is 17.5 Å². The van der Waals surface area contributed by atoms with Crippen LogP contribution in [0, 0.1) is 0 Å². The van der Waals surface area contributed by atoms with Gasteiger partial charge in [0.15, 0.2) is 0 Å². The van der Waals surface area contributed by atoms with Crippen molar-refractivity contribution in [2.24, 2.45) is 0 Å². The average molecular weight is 254 g/mol. The van der Waals surface area contributed by atoms with Crippen molar-refractivity contribution in [3.8, 4) is 0 Å². The lowest BCUT2D eigenvalue weighted by Crippen LogP contribution is -2.41. The summed E-state index contributed by atoms with van der Waals surface area (Å²) in [5.74, 6) is 0.0552. The first kappa shape index (κ1) is 12.5. The first-order valence-electron chi connectivity index (χ1n) is 5.91. The Labute approximate surface area is 105 Å². The minimum absolute atomic E-state index is 0.0132. The van der Waals surface area contributed by atoms with Crippen LogP contribution in [-0.2, 0) is 9.53 Å². The van der Waals surface area contributed by atoms with Crippen LogP contribution in [0.1, 0.15) is 24.3 Å². The third-order valence-electron chi connectivity index (χ3n) is 2.76. The van der Waals surface area contributed by atoms with Crippen LogP contribution in [0.2, 0.25) is 0 Å². The molecule has 2 N–H and O–H groups in total. The maximum absolute atomic E-state index is 11.8. The number of hydrogen-bond acceptors (Lipinski definition) is 4. The van der Waals surface area contributed by atoms with Crippen LogP contribution < -0.4 is 10.6 Å². The van der Waals surface area contributed by atoms with E-state index in [1.807, 2.05) is 24.4 Å². The zero-order valence-corrected chi connectivity index (χ0v) is 10.8. The number of nitrogens with one attached hydrogen (secondary N) is 2. The summed E-state index contributed by atoms with van der Waals surface area (Å²) in [6, 6.07) is 4.12. The molecule has 5 heteroatoms. The van der Waals surface area contributed by atoms with Crippen molar-refractivity contribution in [1.29, 1.82) is 0 Å². The number of morpholine rings is 1. The number of rotatable bonds is 4. The molecular weight excluding hydrogens is 236 g/mol. The van der Waals surface area contributed by atoms with Crippen LogP contribution in [-0.4, -0.2) is 31.7 Å². The Bertz CT molecular complexity index is 347. The maximum atomic E-state index is 11.8. The molecule has 1 amide bonds. The smallest absolute Gasteiger partial charge is 0.223 e. The Hall–Kier alpha value is -0.910. The number of thiophene rings is 1. The van der Waals surface area contributed by atoms with Crippen molar-refractivity contribution in [3.63, 3.8) is 0 Å². The van der Waals surface area contributed by atoms with Gasteiger partial charge in [0, 0.05) is 18.0 Å². The molecule has 0 radical (unpaired) electrons. The minimum Gasteiger partial charge on any atom is -0.375 e. The van der Waals surface area contributed by atoms with Gasteiger partial charge in [-0.3, -0.25) is 4.79 Å². The zero-order chi connectivity index (χ0) is 12.1. The quantitative estimate of drug-likeness (QED) is 0.851. The Morgan fingerprint density at radius 2 is 2.65 bits per heavy atom. The molecule has 2 heterocycles. The fraction of sp³-hybridized carbons (Fsp3) is 0.583. The molecule has 0 aliphatic carbocycles. The number of amides is 1. The summed E-state index contributed by atoms with van der Waals surface area (Å²) < 4.78 is 5.50. The van der Waals surface area contributed by atoms with Crippen LogP contribution >= 0.6 is 11.3 Å². The standard InChI is InChI=1S/C12H18N2O2S/c1-9(11-3-2-6-17-11)14-12(15)7-10-8-13-4-5-16-10/h2-3,6,9-10,13H,4-5,7-8H2,1H3,(H,14,15)/t9-,10?/m0/s1. The summed E-state index contributed by atoms with van der Waals surface area (Å²) >= 11 is 1.66. The van der Waals surface area contributed by atoms with Gasteiger partial charge in [-0.15, -0.1) is 11.3 Å². The van der Waals surface area contributed by atoms with E-state index in [4.69, 9.17) is 4.74 Å². The molecule has 1 fully saturated rings. The molecule has 1 aromatic heterocycles. The molecule has 1 aliphatic heterocycles. The Balaban J connectivity index is 1.76. The van der Waals surface area contributed by atoms with Crippen LogP contribution in [0.3, 0.4) is 0 Å². The van der Waals surface area contributed by atoms with Crippen molar-refractivity contribution in [2.45, 2.75) is 25.5 Å². The van der Waals surface area contributed by atoms with Gasteiger partial charge in [0.2, 0.25) is 5.91 Å². The van der Waals surface area contributed by atoms with Gasteiger partial charge in [-0.25, -0.2) is 0 Å². The average Bonchev–Trinajstić information content (AvgIpc) is 2.83. The zero-order valence-electron chi connectivity index (χ0n) is 9.94. The molecule has 2 rings (SSSR count). The van der Waals surface area contributed by atoms with E-state index in [1.54, 1.807) is 11.3 Å². The largest absolute Gasteiger partial charge is 0.375 e. The molecule has 94 valence electrons. The number of hydrogen-bond donors (Lipinski definition) is 2. The molecule has 0 spiro atoms. The molecule has 17 heavy (non-hydrogen) atoms. The van der Waals surface area contributed by atoms with Gasteiger partial charge in [0.25, 0.3) is 0 Å². The summed E-state index contributed by atoms with van der Waals surface area (Å²) in [5.41, 5.74) is 0. The molecule has 0 saturated carbocycles. The van der Waals surface area contributed by atoms with E-state index >= 15 is 0 Å². The van der Waals surface area contributed by atoms with Crippen molar-refractivity contribution < 1.29 is 9.53 Å². The highest BCUT2D eigenvalue weighted by atomic mass is 32.1. The van der Waals surface area contributed by atoms with Gasteiger partial charge in [-0.05, 0) is 18.4 Å². The summed E-state index contributed by atoms with van der Waals surface area (Å²) in [5, 5.41) is 8.23. The van der Waals surface area contributed by atoms with Crippen molar-refractivity contribution in [2.75, 3.05) is 19.7 Å². The molecule has 1 aliphatic rings. The summed E-state index contributed by atoms with van der Waals surface area (Å²) in [6.45, 7) is 4.34. The van der Waals surface area contributed by atoms with Gasteiger partial charge in [0.05, 0.1) is 25.2 Å². The second-order valence-electron chi connectivity index (χ2n) is 4.21. The Morgan fingerprint density at radius 3 is 3.29 bits per heavy atom. The van der Waals surface area contributed by atoms with Gasteiger partial charge in [-0.1, -0.05) is 6.07 Å². The third kappa shape index (κ3) is 3.80. The Kier molecular flexibility index (Phi) is 4.53. The third-order valence-corrected chi connectivity index (χ3v) is 3.82. The van der Waals surface area contributed by atoms with Crippen LogP contribution in [0.25, 0.3) is 0 Å². The van der Waals surface area contributed by atoms with Crippen molar-refractivity contribution in [3.05, 3.63) is 22.4 Å². The fourth-order valence-electron chi connectivity index (χ4n) is 1.87. The lowest BCUT2D eigenvalue weighted by atomic mass is 10.2. The predicted octanol–water partition coefficient (Wildman–Crippen LogP) is 1.30. The fourth-order valence-corrected chi connectivity index (χ4v) is 2.60. The van der Waals surface area contributed by atoms with Crippen LogP contribution in [0.5, 0.6) is 0 Å². The van der Waals surface area contributed by atoms with E-state index in [0.29, 0.717) is 13.0 Å². The minimum atomic E-state index is 0.0132. The maximum Gasteiger partial charge on any atom is 0.223 e. The van der Waals surface area contributed by atoms with Gasteiger partial charge < -0.3 is 15.4 Å². The second kappa shape index (κ2) is 6.14. The molecule has 2 atom stereocenters. The highest BCUT2D eigenvalue weighted by Crippen LogP contribution is 2.18. The van der Waals surface area contributed by atoms with E-state index in [-0.39, 0.29) is 18.1 Å². The van der Waals surface area contributed by atoms with Crippen molar-refractivity contribution in [1.82, 2.24) is 10.6 Å².